The smallest absolute Gasteiger partial charge is 0.319 e. The van der Waals surface area contributed by atoms with Crippen molar-refractivity contribution in [1.29, 1.82) is 0 Å². The number of benzene rings is 1. The van der Waals surface area contributed by atoms with E-state index in [0.29, 0.717) is 25.0 Å². The first-order valence-electron chi connectivity index (χ1n) is 8.81. The molecular formula is C18H24FN3O2. The molecule has 3 aliphatic rings. The van der Waals surface area contributed by atoms with Gasteiger partial charge in [-0.2, -0.15) is 0 Å². The van der Waals surface area contributed by atoms with E-state index in [1.165, 1.54) is 25.5 Å². The molecule has 3 fully saturated rings. The molecular weight excluding hydrogens is 309 g/mol. The van der Waals surface area contributed by atoms with E-state index >= 15 is 0 Å². The van der Waals surface area contributed by atoms with Gasteiger partial charge in [0.1, 0.15) is 5.82 Å². The van der Waals surface area contributed by atoms with Crippen molar-refractivity contribution >= 4 is 11.7 Å². The van der Waals surface area contributed by atoms with Crippen LogP contribution < -0.4 is 10.6 Å². The topological polar surface area (TPSA) is 53.6 Å². The van der Waals surface area contributed by atoms with E-state index in [9.17, 15) is 9.18 Å². The lowest BCUT2D eigenvalue weighted by Gasteiger charge is -2.47. The van der Waals surface area contributed by atoms with Gasteiger partial charge in [-0.15, -0.1) is 0 Å². The molecule has 2 atom stereocenters. The highest BCUT2D eigenvalue weighted by Gasteiger charge is 2.42. The Morgan fingerprint density at radius 3 is 2.58 bits per heavy atom. The number of piperidine rings is 1. The fourth-order valence-electron chi connectivity index (χ4n) is 3.96. The monoisotopic (exact) mass is 333 g/mol. The van der Waals surface area contributed by atoms with Gasteiger partial charge in [-0.1, -0.05) is 12.1 Å². The van der Waals surface area contributed by atoms with Crippen molar-refractivity contribution in [2.24, 2.45) is 17.8 Å². The molecule has 2 aliphatic heterocycles. The molecule has 2 bridgehead atoms. The van der Waals surface area contributed by atoms with Crippen LogP contribution in [0.3, 0.4) is 0 Å². The fraction of sp³-hybridized carbons (Fsp3) is 0.611. The number of rotatable bonds is 4. The Balaban J connectivity index is 1.37. The van der Waals surface area contributed by atoms with Crippen LogP contribution in [0.2, 0.25) is 0 Å². The van der Waals surface area contributed by atoms with Crippen LogP contribution in [-0.4, -0.2) is 49.8 Å². The van der Waals surface area contributed by atoms with E-state index in [1.54, 1.807) is 18.2 Å². The standard InChI is InChI=1S/C18H24FN3O2/c19-15-3-1-2-4-16(15)20-18(23)21-17-13-8-22(7-12-5-6-12)9-14(17)11-24-10-13/h1-4,12-14,17H,5-11H2,(H2,20,21,23). The minimum atomic E-state index is -0.421. The second-order valence-corrected chi connectivity index (χ2v) is 7.32. The second-order valence-electron chi connectivity index (χ2n) is 7.32. The normalized spacial score (nSPS) is 30.0. The lowest BCUT2D eigenvalue weighted by atomic mass is 9.82. The number of amides is 2. The maximum absolute atomic E-state index is 13.7. The molecule has 0 aromatic heterocycles. The molecule has 0 radical (unpaired) electrons. The van der Waals surface area contributed by atoms with E-state index < -0.39 is 5.82 Å². The number of nitrogens with one attached hydrogen (secondary N) is 2. The zero-order chi connectivity index (χ0) is 16.5. The zero-order valence-corrected chi connectivity index (χ0v) is 13.7. The Kier molecular flexibility index (Phi) is 4.41. The van der Waals surface area contributed by atoms with E-state index in [2.05, 4.69) is 15.5 Å². The SMILES string of the molecule is O=C(Nc1ccccc1F)NC1C2COCC1CN(CC1CC1)C2. The van der Waals surface area contributed by atoms with Crippen LogP contribution in [0, 0.1) is 23.6 Å². The predicted molar refractivity (Wildman–Crippen MR) is 89.3 cm³/mol. The highest BCUT2D eigenvalue weighted by Crippen LogP contribution is 2.34. The predicted octanol–water partition coefficient (Wildman–Crippen LogP) is 2.30. The average Bonchev–Trinajstić information content (AvgIpc) is 3.34. The third-order valence-electron chi connectivity index (χ3n) is 5.30. The van der Waals surface area contributed by atoms with Gasteiger partial charge in [0.25, 0.3) is 0 Å². The summed E-state index contributed by atoms with van der Waals surface area (Å²) in [6.07, 6.45) is 2.71. The van der Waals surface area contributed by atoms with Crippen molar-refractivity contribution in [3.05, 3.63) is 30.1 Å². The van der Waals surface area contributed by atoms with Crippen LogP contribution in [0.15, 0.2) is 24.3 Å². The third-order valence-corrected chi connectivity index (χ3v) is 5.30. The molecule has 4 rings (SSSR count). The van der Waals surface area contributed by atoms with Gasteiger partial charge in [0.15, 0.2) is 0 Å². The van der Waals surface area contributed by atoms with Crippen molar-refractivity contribution in [3.8, 4) is 0 Å². The zero-order valence-electron chi connectivity index (χ0n) is 13.7. The summed E-state index contributed by atoms with van der Waals surface area (Å²) in [7, 11) is 0. The molecule has 2 saturated heterocycles. The highest BCUT2D eigenvalue weighted by atomic mass is 19.1. The maximum atomic E-state index is 13.7. The molecule has 2 unspecified atom stereocenters. The summed E-state index contributed by atoms with van der Waals surface area (Å²) in [5.74, 6) is 1.07. The minimum Gasteiger partial charge on any atom is -0.381 e. The number of hydrogen-bond acceptors (Lipinski definition) is 3. The largest absolute Gasteiger partial charge is 0.381 e. The number of urea groups is 1. The average molecular weight is 333 g/mol. The summed E-state index contributed by atoms with van der Waals surface area (Å²) in [6, 6.07) is 5.98. The van der Waals surface area contributed by atoms with Gasteiger partial charge >= 0.3 is 6.03 Å². The summed E-state index contributed by atoms with van der Waals surface area (Å²) in [6.45, 7) is 4.49. The van der Waals surface area contributed by atoms with Crippen LogP contribution in [-0.2, 0) is 4.74 Å². The Morgan fingerprint density at radius 2 is 1.92 bits per heavy atom. The van der Waals surface area contributed by atoms with Gasteiger partial charge in [0.2, 0.25) is 0 Å². The molecule has 1 aliphatic carbocycles. The highest BCUT2D eigenvalue weighted by molar-refractivity contribution is 5.89. The first-order valence-corrected chi connectivity index (χ1v) is 8.81. The quantitative estimate of drug-likeness (QED) is 0.889. The van der Waals surface area contributed by atoms with Crippen molar-refractivity contribution in [1.82, 2.24) is 10.2 Å². The summed E-state index contributed by atoms with van der Waals surface area (Å²) >= 11 is 0. The number of hydrogen-bond donors (Lipinski definition) is 2. The van der Waals surface area contributed by atoms with Gasteiger partial charge in [0.05, 0.1) is 18.9 Å². The van der Waals surface area contributed by atoms with Crippen molar-refractivity contribution in [2.45, 2.75) is 18.9 Å². The maximum Gasteiger partial charge on any atom is 0.319 e. The number of anilines is 1. The molecule has 1 saturated carbocycles. The number of carbonyl (C=O) groups is 1. The number of carbonyl (C=O) groups excluding carboxylic acids is 1. The lowest BCUT2D eigenvalue weighted by molar-refractivity contribution is -0.0617. The molecule has 2 amide bonds. The van der Waals surface area contributed by atoms with Gasteiger partial charge < -0.3 is 20.3 Å². The Morgan fingerprint density at radius 1 is 1.21 bits per heavy atom. The van der Waals surface area contributed by atoms with Crippen LogP contribution >= 0.6 is 0 Å². The molecule has 1 aromatic carbocycles. The van der Waals surface area contributed by atoms with E-state index in [0.717, 1.165) is 19.0 Å². The van der Waals surface area contributed by atoms with Crippen LogP contribution in [0.4, 0.5) is 14.9 Å². The second kappa shape index (κ2) is 6.69. The fourth-order valence-corrected chi connectivity index (χ4v) is 3.96. The first-order chi connectivity index (χ1) is 11.7. The number of halogens is 1. The Hall–Kier alpha value is -1.66. The molecule has 2 heterocycles. The van der Waals surface area contributed by atoms with Gasteiger partial charge in [-0.25, -0.2) is 9.18 Å². The summed E-state index contributed by atoms with van der Waals surface area (Å²) in [4.78, 5) is 14.8. The molecule has 24 heavy (non-hydrogen) atoms. The minimum absolute atomic E-state index is 0.0981. The summed E-state index contributed by atoms with van der Waals surface area (Å²) < 4.78 is 19.4. The molecule has 130 valence electrons. The van der Waals surface area contributed by atoms with Crippen LogP contribution in [0.1, 0.15) is 12.8 Å². The van der Waals surface area contributed by atoms with Crippen molar-refractivity contribution < 1.29 is 13.9 Å². The molecule has 1 aromatic rings. The number of fused-ring (bicyclic) bond motifs is 2. The molecule has 5 nitrogen and oxygen atoms in total. The van der Waals surface area contributed by atoms with Gasteiger partial charge in [-0.05, 0) is 30.9 Å². The lowest BCUT2D eigenvalue weighted by Crippen LogP contribution is -2.62. The van der Waals surface area contributed by atoms with E-state index in [-0.39, 0.29) is 17.8 Å². The number of ether oxygens (including phenoxy) is 1. The summed E-state index contributed by atoms with van der Waals surface area (Å²) in [5, 5.41) is 5.68. The van der Waals surface area contributed by atoms with E-state index in [4.69, 9.17) is 4.74 Å². The Labute approximate surface area is 141 Å². The van der Waals surface area contributed by atoms with Gasteiger partial charge in [0, 0.05) is 37.5 Å². The molecule has 2 N–H and O–H groups in total. The third kappa shape index (κ3) is 3.54. The first kappa shape index (κ1) is 15.8. The van der Waals surface area contributed by atoms with Crippen molar-refractivity contribution in [3.63, 3.8) is 0 Å². The van der Waals surface area contributed by atoms with Crippen LogP contribution in [0.25, 0.3) is 0 Å². The van der Waals surface area contributed by atoms with Crippen molar-refractivity contribution in [2.75, 3.05) is 38.2 Å². The molecule has 0 spiro atoms. The van der Waals surface area contributed by atoms with Crippen LogP contribution in [0.5, 0.6) is 0 Å². The number of para-hydroxylation sites is 1. The Bertz CT molecular complexity index is 594. The number of nitrogens with zero attached hydrogens (tertiary/aromatic N) is 1. The number of likely N-dealkylation sites (tertiary alicyclic amines) is 1. The van der Waals surface area contributed by atoms with E-state index in [1.807, 2.05) is 0 Å². The van der Waals surface area contributed by atoms with Gasteiger partial charge in [-0.3, -0.25) is 0 Å². The molecule has 6 heteroatoms. The summed E-state index contributed by atoms with van der Waals surface area (Å²) in [5.41, 5.74) is 0.211.